The van der Waals surface area contributed by atoms with Crippen LogP contribution in [0.3, 0.4) is 0 Å². The molecule has 2 N–H and O–H groups in total. The van der Waals surface area contributed by atoms with Gasteiger partial charge in [-0.15, -0.1) is 0 Å². The fourth-order valence-corrected chi connectivity index (χ4v) is 3.37. The van der Waals surface area contributed by atoms with Gasteiger partial charge >= 0.3 is 0 Å². The summed E-state index contributed by atoms with van der Waals surface area (Å²) in [5.74, 6) is 0.308. The number of carbonyl (C=O) groups is 1. The van der Waals surface area contributed by atoms with Gasteiger partial charge in [-0.2, -0.15) is 0 Å². The van der Waals surface area contributed by atoms with Crippen LogP contribution in [0, 0.1) is 0 Å². The summed E-state index contributed by atoms with van der Waals surface area (Å²) in [5, 5.41) is 2.79. The van der Waals surface area contributed by atoms with E-state index in [1.54, 1.807) is 12.3 Å². The number of nitrogens with one attached hydrogen (secondary N) is 2. The predicted molar refractivity (Wildman–Crippen MR) is 109 cm³/mol. The molecule has 0 radical (unpaired) electrons. The maximum absolute atomic E-state index is 12.4. The highest BCUT2D eigenvalue weighted by atomic mass is 32.2. The molecule has 1 aromatic heterocycles. The second-order valence-corrected chi connectivity index (χ2v) is 8.06. The first-order chi connectivity index (χ1) is 14.0. The number of benzene rings is 2. The Morgan fingerprint density at radius 3 is 2.62 bits per heavy atom. The van der Waals surface area contributed by atoms with Gasteiger partial charge in [-0.05, 0) is 55.1 Å². The van der Waals surface area contributed by atoms with Crippen molar-refractivity contribution in [2.24, 2.45) is 0 Å². The summed E-state index contributed by atoms with van der Waals surface area (Å²) in [4.78, 5) is 16.7. The fraction of sp³-hybridized carbons (Fsp3) is 0.143. The van der Waals surface area contributed by atoms with E-state index in [-0.39, 0.29) is 22.9 Å². The third-order valence-electron chi connectivity index (χ3n) is 4.14. The molecule has 0 fully saturated rings. The molecule has 8 heteroatoms. The van der Waals surface area contributed by atoms with Gasteiger partial charge in [0.1, 0.15) is 12.4 Å². The summed E-state index contributed by atoms with van der Waals surface area (Å²) >= 11 is 0. The molecular formula is C21H21N3O4S. The number of pyridine rings is 1. The van der Waals surface area contributed by atoms with Gasteiger partial charge in [0.25, 0.3) is 5.91 Å². The number of amides is 1. The van der Waals surface area contributed by atoms with E-state index in [4.69, 9.17) is 4.74 Å². The van der Waals surface area contributed by atoms with E-state index >= 15 is 0 Å². The summed E-state index contributed by atoms with van der Waals surface area (Å²) < 4.78 is 31.8. The van der Waals surface area contributed by atoms with Gasteiger partial charge in [0, 0.05) is 18.3 Å². The van der Waals surface area contributed by atoms with Gasteiger partial charge in [-0.1, -0.05) is 24.3 Å². The van der Waals surface area contributed by atoms with Crippen molar-refractivity contribution in [1.82, 2.24) is 15.0 Å². The summed E-state index contributed by atoms with van der Waals surface area (Å²) in [6, 6.07) is 18.9. The zero-order chi connectivity index (χ0) is 20.7. The Labute approximate surface area is 169 Å². The van der Waals surface area contributed by atoms with E-state index in [9.17, 15) is 13.2 Å². The lowest BCUT2D eigenvalue weighted by Gasteiger charge is -2.10. The molecule has 1 amide bonds. The minimum absolute atomic E-state index is 0.0394. The lowest BCUT2D eigenvalue weighted by molar-refractivity contribution is 0.0950. The lowest BCUT2D eigenvalue weighted by Crippen LogP contribution is -2.24. The molecule has 0 saturated heterocycles. The average Bonchev–Trinajstić information content (AvgIpc) is 2.77. The number of hydrogen-bond donors (Lipinski definition) is 2. The number of carbonyl (C=O) groups excluding carboxylic acids is 1. The van der Waals surface area contributed by atoms with Crippen molar-refractivity contribution in [3.05, 3.63) is 89.7 Å². The van der Waals surface area contributed by atoms with Crippen LogP contribution in [0.25, 0.3) is 0 Å². The number of sulfonamides is 1. The summed E-state index contributed by atoms with van der Waals surface area (Å²) in [7, 11) is -2.28. The zero-order valence-electron chi connectivity index (χ0n) is 15.8. The molecule has 0 atom stereocenters. The minimum Gasteiger partial charge on any atom is -0.487 e. The first-order valence-electron chi connectivity index (χ1n) is 8.91. The van der Waals surface area contributed by atoms with Crippen molar-refractivity contribution in [2.45, 2.75) is 18.0 Å². The molecule has 7 nitrogen and oxygen atoms in total. The van der Waals surface area contributed by atoms with Crippen molar-refractivity contribution < 1.29 is 17.9 Å². The molecule has 0 saturated carbocycles. The second kappa shape index (κ2) is 9.31. The smallest absolute Gasteiger partial charge is 0.251 e. The molecule has 0 aliphatic carbocycles. The Morgan fingerprint density at radius 2 is 1.86 bits per heavy atom. The third kappa shape index (κ3) is 5.63. The molecule has 0 aliphatic rings. The van der Waals surface area contributed by atoms with Crippen LogP contribution in [0.1, 0.15) is 21.6 Å². The fourth-order valence-electron chi connectivity index (χ4n) is 2.59. The quantitative estimate of drug-likeness (QED) is 0.594. The van der Waals surface area contributed by atoms with Crippen LogP contribution in [-0.2, 0) is 23.2 Å². The van der Waals surface area contributed by atoms with E-state index in [1.165, 1.54) is 25.2 Å². The van der Waals surface area contributed by atoms with Crippen LogP contribution in [0.4, 0.5) is 0 Å². The first-order valence-corrected chi connectivity index (χ1v) is 10.4. The summed E-state index contributed by atoms with van der Waals surface area (Å²) in [5.41, 5.74) is 1.95. The van der Waals surface area contributed by atoms with E-state index in [0.717, 1.165) is 11.3 Å². The molecule has 150 valence electrons. The summed E-state index contributed by atoms with van der Waals surface area (Å²) in [6.07, 6.45) is 1.71. The number of ether oxygens (including phenoxy) is 1. The van der Waals surface area contributed by atoms with Crippen LogP contribution in [-0.4, -0.2) is 26.4 Å². The van der Waals surface area contributed by atoms with E-state index in [2.05, 4.69) is 15.0 Å². The van der Waals surface area contributed by atoms with Gasteiger partial charge in [-0.3, -0.25) is 9.78 Å². The predicted octanol–water partition coefficient (Wildman–Crippen LogP) is 2.50. The number of rotatable bonds is 8. The molecule has 3 aromatic rings. The largest absolute Gasteiger partial charge is 0.487 e. The van der Waals surface area contributed by atoms with Crippen LogP contribution in [0.2, 0.25) is 0 Å². The van der Waals surface area contributed by atoms with Crippen molar-refractivity contribution in [3.63, 3.8) is 0 Å². The van der Waals surface area contributed by atoms with Crippen molar-refractivity contribution in [1.29, 1.82) is 0 Å². The highest BCUT2D eigenvalue weighted by Gasteiger charge is 2.14. The lowest BCUT2D eigenvalue weighted by atomic mass is 10.2. The molecule has 2 aromatic carbocycles. The molecule has 0 unspecified atom stereocenters. The number of nitrogens with zero attached hydrogens (tertiary/aromatic N) is 1. The second-order valence-electron chi connectivity index (χ2n) is 6.18. The van der Waals surface area contributed by atoms with E-state index in [1.807, 2.05) is 42.5 Å². The van der Waals surface area contributed by atoms with Crippen LogP contribution in [0.5, 0.6) is 5.75 Å². The Balaban J connectivity index is 1.61. The highest BCUT2D eigenvalue weighted by Crippen LogP contribution is 2.15. The first kappa shape index (κ1) is 20.5. The number of hydrogen-bond acceptors (Lipinski definition) is 5. The zero-order valence-corrected chi connectivity index (χ0v) is 16.6. The van der Waals surface area contributed by atoms with Gasteiger partial charge in [-0.25, -0.2) is 13.1 Å². The molecule has 1 heterocycles. The monoisotopic (exact) mass is 411 g/mol. The van der Waals surface area contributed by atoms with E-state index in [0.29, 0.717) is 12.4 Å². The van der Waals surface area contributed by atoms with Gasteiger partial charge in [0.15, 0.2) is 0 Å². The maximum atomic E-state index is 12.4. The molecular weight excluding hydrogens is 390 g/mol. The number of aromatic nitrogens is 1. The van der Waals surface area contributed by atoms with Gasteiger partial charge in [0.2, 0.25) is 10.0 Å². The topological polar surface area (TPSA) is 97.4 Å². The third-order valence-corrected chi connectivity index (χ3v) is 5.55. The van der Waals surface area contributed by atoms with Crippen molar-refractivity contribution in [3.8, 4) is 5.75 Å². The SMILES string of the molecule is CNS(=O)(=O)c1cccc(C(=O)NCc2cccc(OCc3ccccn3)c2)c1. The molecule has 29 heavy (non-hydrogen) atoms. The van der Waals surface area contributed by atoms with Crippen molar-refractivity contribution >= 4 is 15.9 Å². The summed E-state index contributed by atoms with van der Waals surface area (Å²) in [6.45, 7) is 0.631. The normalized spacial score (nSPS) is 11.1. The van der Waals surface area contributed by atoms with E-state index < -0.39 is 10.0 Å². The molecule has 0 bridgehead atoms. The Bertz CT molecular complexity index is 1090. The Hall–Kier alpha value is -3.23. The maximum Gasteiger partial charge on any atom is 0.251 e. The minimum atomic E-state index is -3.61. The standard InChI is InChI=1S/C21H21N3O4S/c1-22-29(26,27)20-10-5-7-17(13-20)21(25)24-14-16-6-4-9-19(12-16)28-15-18-8-2-3-11-23-18/h2-13,22H,14-15H2,1H3,(H,24,25). The van der Waals surface area contributed by atoms with Crippen LogP contribution in [0.15, 0.2) is 77.8 Å². The van der Waals surface area contributed by atoms with Gasteiger partial charge in [0.05, 0.1) is 10.6 Å². The molecule has 0 spiro atoms. The Morgan fingerprint density at radius 1 is 1.03 bits per heavy atom. The van der Waals surface area contributed by atoms with Crippen LogP contribution < -0.4 is 14.8 Å². The van der Waals surface area contributed by atoms with Crippen LogP contribution >= 0.6 is 0 Å². The highest BCUT2D eigenvalue weighted by molar-refractivity contribution is 7.89. The molecule has 3 rings (SSSR count). The Kier molecular flexibility index (Phi) is 6.58. The van der Waals surface area contributed by atoms with Gasteiger partial charge < -0.3 is 10.1 Å². The van der Waals surface area contributed by atoms with Crippen molar-refractivity contribution in [2.75, 3.05) is 7.05 Å². The molecule has 0 aliphatic heterocycles. The average molecular weight is 411 g/mol.